The predicted octanol–water partition coefficient (Wildman–Crippen LogP) is 4.59. The smallest absolute Gasteiger partial charge is 0.296 e. The third kappa shape index (κ3) is 3.23. The fraction of sp³-hybridized carbons (Fsp3) is 0.360. The zero-order valence-electron chi connectivity index (χ0n) is 18.2. The Morgan fingerprint density at radius 1 is 1.15 bits per heavy atom. The number of rotatable bonds is 4. The molecule has 2 aliphatic heterocycles. The first kappa shape index (κ1) is 20.4. The summed E-state index contributed by atoms with van der Waals surface area (Å²) < 4.78 is 12.8. The van der Waals surface area contributed by atoms with Gasteiger partial charge in [-0.3, -0.25) is 19.5 Å². The van der Waals surface area contributed by atoms with Crippen LogP contribution < -0.4 is 9.64 Å². The molecule has 1 saturated carbocycles. The molecule has 0 spiro atoms. The molecule has 1 fully saturated rings. The lowest BCUT2D eigenvalue weighted by molar-refractivity contribution is -0.131. The van der Waals surface area contributed by atoms with Gasteiger partial charge in [-0.15, -0.1) is 0 Å². The Bertz CT molecular complexity index is 1290. The summed E-state index contributed by atoms with van der Waals surface area (Å²) in [5, 5.41) is 0.541. The third-order valence-electron chi connectivity index (χ3n) is 6.65. The Balaban J connectivity index is 1.47. The van der Waals surface area contributed by atoms with Crippen LogP contribution in [0.2, 0.25) is 0 Å². The minimum absolute atomic E-state index is 0.0401. The van der Waals surface area contributed by atoms with E-state index >= 15 is 0 Å². The van der Waals surface area contributed by atoms with Gasteiger partial charge in [0.1, 0.15) is 11.9 Å². The van der Waals surface area contributed by atoms with Crippen molar-refractivity contribution in [2.75, 3.05) is 11.5 Å². The first-order chi connectivity index (χ1) is 16.2. The molecule has 3 unspecified atom stereocenters. The molecule has 33 heavy (non-hydrogen) atoms. The van der Waals surface area contributed by atoms with E-state index in [2.05, 4.69) is 4.98 Å². The van der Waals surface area contributed by atoms with Gasteiger partial charge < -0.3 is 9.47 Å². The summed E-state index contributed by atoms with van der Waals surface area (Å²) in [6.45, 7) is 2.51. The van der Waals surface area contributed by atoms with E-state index < -0.39 is 6.04 Å². The Labute approximate surface area is 195 Å². The number of carbonyl (C=O) groups excluding carboxylic acids is 2. The summed E-state index contributed by atoms with van der Waals surface area (Å²) in [7, 11) is 0. The first-order valence-corrected chi connectivity index (χ1v) is 12.2. The number of pyridine rings is 1. The number of hydrogen-bond donors (Lipinski definition) is 0. The maximum Gasteiger partial charge on any atom is 0.296 e. The van der Waals surface area contributed by atoms with Crippen molar-refractivity contribution < 1.29 is 19.1 Å². The lowest BCUT2D eigenvalue weighted by Crippen LogP contribution is -2.39. The number of aromatic nitrogens is 2. The van der Waals surface area contributed by atoms with Crippen molar-refractivity contribution in [3.8, 4) is 5.75 Å². The molecule has 0 N–H and O–H groups in total. The number of ketones is 1. The highest BCUT2D eigenvalue weighted by Gasteiger charge is 2.53. The molecule has 4 heterocycles. The largest absolute Gasteiger partial charge is 0.494 e. The quantitative estimate of drug-likeness (QED) is 0.565. The molecule has 168 valence electrons. The maximum atomic E-state index is 13.7. The summed E-state index contributed by atoms with van der Waals surface area (Å²) in [5.41, 5.74) is 2.07. The number of fused-ring (bicyclic) bond motifs is 2. The van der Waals surface area contributed by atoms with Gasteiger partial charge in [0, 0.05) is 12.4 Å². The molecule has 1 aromatic carbocycles. The van der Waals surface area contributed by atoms with E-state index in [1.54, 1.807) is 17.3 Å². The van der Waals surface area contributed by atoms with E-state index in [0.717, 1.165) is 47.2 Å². The molecular formula is C25H23N3O4S. The normalized spacial score (nSPS) is 24.6. The summed E-state index contributed by atoms with van der Waals surface area (Å²) in [6.07, 6.45) is 6.79. The van der Waals surface area contributed by atoms with Gasteiger partial charge in [-0.05, 0) is 62.1 Å². The number of hydrogen-bond acceptors (Lipinski definition) is 7. The second-order valence-corrected chi connectivity index (χ2v) is 9.58. The fourth-order valence-electron chi connectivity index (χ4n) is 5.16. The fourth-order valence-corrected chi connectivity index (χ4v) is 6.18. The van der Waals surface area contributed by atoms with Crippen molar-refractivity contribution in [1.29, 1.82) is 0 Å². The van der Waals surface area contributed by atoms with Gasteiger partial charge in [0.05, 0.1) is 34.4 Å². The molecule has 8 heteroatoms. The SMILES string of the molecule is CCOc1ccc2nc(N3C(=O)C4=C(C(=O)C5CCCCC5O4)C3c3ccncc3)sc2c1. The lowest BCUT2D eigenvalue weighted by atomic mass is 9.78. The monoisotopic (exact) mass is 461 g/mol. The minimum atomic E-state index is -0.571. The van der Waals surface area contributed by atoms with Crippen LogP contribution in [-0.4, -0.2) is 34.4 Å². The summed E-state index contributed by atoms with van der Waals surface area (Å²) >= 11 is 1.41. The highest BCUT2D eigenvalue weighted by Crippen LogP contribution is 2.49. The number of amides is 1. The Hall–Kier alpha value is -3.26. The van der Waals surface area contributed by atoms with Gasteiger partial charge in [0.15, 0.2) is 16.7 Å². The lowest BCUT2D eigenvalue weighted by Gasteiger charge is -2.35. The van der Waals surface area contributed by atoms with Crippen LogP contribution in [0.25, 0.3) is 10.2 Å². The second kappa shape index (κ2) is 7.95. The van der Waals surface area contributed by atoms with Gasteiger partial charge in [-0.2, -0.15) is 0 Å². The molecule has 0 bridgehead atoms. The van der Waals surface area contributed by atoms with Crippen LogP contribution in [0.1, 0.15) is 44.2 Å². The van der Waals surface area contributed by atoms with Crippen molar-refractivity contribution >= 4 is 38.4 Å². The Morgan fingerprint density at radius 2 is 1.97 bits per heavy atom. The van der Waals surface area contributed by atoms with Gasteiger partial charge in [0.25, 0.3) is 5.91 Å². The minimum Gasteiger partial charge on any atom is -0.494 e. The molecule has 7 nitrogen and oxygen atoms in total. The van der Waals surface area contributed by atoms with Crippen LogP contribution in [-0.2, 0) is 14.3 Å². The predicted molar refractivity (Wildman–Crippen MR) is 124 cm³/mol. The van der Waals surface area contributed by atoms with Crippen LogP contribution in [0.4, 0.5) is 5.13 Å². The summed E-state index contributed by atoms with van der Waals surface area (Å²) in [4.78, 5) is 37.9. The molecule has 1 amide bonds. The second-order valence-electron chi connectivity index (χ2n) is 8.57. The average molecular weight is 462 g/mol. The van der Waals surface area contributed by atoms with Crippen molar-refractivity contribution in [2.45, 2.75) is 44.8 Å². The molecule has 3 aromatic rings. The number of anilines is 1. The first-order valence-electron chi connectivity index (χ1n) is 11.4. The zero-order chi connectivity index (χ0) is 22.5. The molecule has 3 aliphatic rings. The van der Waals surface area contributed by atoms with E-state index in [1.165, 1.54) is 11.3 Å². The standard InChI is InChI=1S/C25H23N3O4S/c1-2-31-15-7-8-17-19(13-15)33-25(27-17)28-21(14-9-11-26-12-10-14)20-22(29)16-5-3-4-6-18(16)32-23(20)24(28)30/h7-13,16,18,21H,2-6H2,1H3. The summed E-state index contributed by atoms with van der Waals surface area (Å²) in [6, 6.07) is 8.83. The van der Waals surface area contributed by atoms with Gasteiger partial charge in [-0.1, -0.05) is 17.8 Å². The summed E-state index contributed by atoms with van der Waals surface area (Å²) in [5.74, 6) is 0.517. The highest BCUT2D eigenvalue weighted by molar-refractivity contribution is 7.22. The number of thiazole rings is 1. The Kier molecular flexibility index (Phi) is 4.90. The topological polar surface area (TPSA) is 81.6 Å². The highest BCUT2D eigenvalue weighted by atomic mass is 32.1. The number of carbonyl (C=O) groups is 2. The molecule has 2 aromatic heterocycles. The number of nitrogens with zero attached hydrogens (tertiary/aromatic N) is 3. The van der Waals surface area contributed by atoms with Gasteiger partial charge >= 0.3 is 0 Å². The van der Waals surface area contributed by atoms with Crippen LogP contribution in [0.3, 0.4) is 0 Å². The van der Waals surface area contributed by atoms with Crippen molar-refractivity contribution in [2.24, 2.45) is 5.92 Å². The molecular weight excluding hydrogens is 438 g/mol. The number of benzene rings is 1. The van der Waals surface area contributed by atoms with E-state index in [9.17, 15) is 9.59 Å². The van der Waals surface area contributed by atoms with Crippen LogP contribution >= 0.6 is 11.3 Å². The van der Waals surface area contributed by atoms with E-state index in [0.29, 0.717) is 17.3 Å². The van der Waals surface area contributed by atoms with Crippen LogP contribution in [0.5, 0.6) is 5.75 Å². The number of ether oxygens (including phenoxy) is 2. The zero-order valence-corrected chi connectivity index (χ0v) is 19.0. The van der Waals surface area contributed by atoms with Gasteiger partial charge in [-0.25, -0.2) is 4.98 Å². The molecule has 6 rings (SSSR count). The van der Waals surface area contributed by atoms with Crippen molar-refractivity contribution in [3.63, 3.8) is 0 Å². The van der Waals surface area contributed by atoms with E-state index in [1.807, 2.05) is 37.3 Å². The van der Waals surface area contributed by atoms with Crippen LogP contribution in [0, 0.1) is 5.92 Å². The molecule has 0 radical (unpaired) electrons. The van der Waals surface area contributed by atoms with Gasteiger partial charge in [0.2, 0.25) is 0 Å². The molecule has 0 saturated heterocycles. The molecule has 1 aliphatic carbocycles. The number of Topliss-reactive ketones (excluding diaryl/α,β-unsaturated/α-hetero) is 1. The van der Waals surface area contributed by atoms with Crippen molar-refractivity contribution in [1.82, 2.24) is 9.97 Å². The maximum absolute atomic E-state index is 13.7. The Morgan fingerprint density at radius 3 is 2.79 bits per heavy atom. The average Bonchev–Trinajstić information content (AvgIpc) is 3.38. The van der Waals surface area contributed by atoms with Crippen LogP contribution in [0.15, 0.2) is 54.1 Å². The van der Waals surface area contributed by atoms with Crippen molar-refractivity contribution in [3.05, 3.63) is 59.6 Å². The third-order valence-corrected chi connectivity index (χ3v) is 7.67. The van der Waals surface area contributed by atoms with E-state index in [4.69, 9.17) is 14.5 Å². The van der Waals surface area contributed by atoms with E-state index in [-0.39, 0.29) is 29.5 Å². The molecule has 3 atom stereocenters.